The summed E-state index contributed by atoms with van der Waals surface area (Å²) in [5, 5.41) is 6.28. The summed E-state index contributed by atoms with van der Waals surface area (Å²) < 4.78 is 2.41. The zero-order valence-electron chi connectivity index (χ0n) is 30.3. The second-order valence-corrected chi connectivity index (χ2v) is 15.8. The van der Waals surface area contributed by atoms with E-state index in [9.17, 15) is 0 Å². The maximum Gasteiger partial charge on any atom is 0.201 e. The van der Waals surface area contributed by atoms with Gasteiger partial charge in [-0.2, -0.15) is 0 Å². The normalized spacial score (nSPS) is 16.0. The summed E-state index contributed by atoms with van der Waals surface area (Å²) in [4.78, 5) is 10.5. The molecule has 1 atom stereocenters. The van der Waals surface area contributed by atoms with Gasteiger partial charge in [0.05, 0.1) is 33.5 Å². The Kier molecular flexibility index (Phi) is 6.81. The third kappa shape index (κ3) is 4.34. The molecule has 1 unspecified atom stereocenters. The van der Waals surface area contributed by atoms with Crippen LogP contribution in [0.4, 0.5) is 22.7 Å². The molecule has 0 bridgehead atoms. The van der Waals surface area contributed by atoms with E-state index in [0.717, 1.165) is 39.2 Å². The van der Waals surface area contributed by atoms with E-state index in [1.54, 1.807) is 0 Å². The van der Waals surface area contributed by atoms with Crippen molar-refractivity contribution >= 4 is 62.0 Å². The maximum absolute atomic E-state index is 5.52. The van der Waals surface area contributed by atoms with Gasteiger partial charge in [-0.15, -0.1) is 0 Å². The lowest BCUT2D eigenvalue weighted by atomic mass is 9.62. The van der Waals surface area contributed by atoms with Gasteiger partial charge in [-0.3, -0.25) is 0 Å². The number of hydrogen-bond donors (Lipinski definition) is 1. The molecule has 1 spiro atoms. The minimum atomic E-state index is -0.562. The van der Waals surface area contributed by atoms with Crippen LogP contribution in [0.15, 0.2) is 209 Å². The molecular formula is C51H34N4S. The van der Waals surface area contributed by atoms with E-state index >= 15 is 0 Å². The van der Waals surface area contributed by atoms with Gasteiger partial charge in [-0.05, 0) is 76.9 Å². The first-order chi connectivity index (χ1) is 27.8. The molecule has 0 amide bonds. The fourth-order valence-corrected chi connectivity index (χ4v) is 10.8. The topological polar surface area (TPSA) is 32.6 Å². The van der Waals surface area contributed by atoms with Crippen LogP contribution in [0.25, 0.3) is 21.8 Å². The third-order valence-corrected chi connectivity index (χ3v) is 13.0. The first-order valence-electron chi connectivity index (χ1n) is 19.2. The Morgan fingerprint density at radius 1 is 0.500 bits per heavy atom. The number of rotatable bonds is 3. The lowest BCUT2D eigenvalue weighted by Gasteiger charge is -2.49. The molecule has 0 fully saturated rings. The van der Waals surface area contributed by atoms with Crippen LogP contribution in [0, 0.1) is 0 Å². The Morgan fingerprint density at radius 2 is 1.12 bits per heavy atom. The maximum atomic E-state index is 5.52. The average molecular weight is 735 g/mol. The molecule has 0 saturated heterocycles. The summed E-state index contributed by atoms with van der Waals surface area (Å²) in [7, 11) is 0. The summed E-state index contributed by atoms with van der Waals surface area (Å²) in [5.41, 5.74) is 14.8. The van der Waals surface area contributed by atoms with Crippen molar-refractivity contribution in [2.24, 2.45) is 4.99 Å². The Bertz CT molecular complexity index is 3010. The highest BCUT2D eigenvalue weighted by molar-refractivity contribution is 7.99. The van der Waals surface area contributed by atoms with E-state index in [4.69, 9.17) is 4.99 Å². The lowest BCUT2D eigenvalue weighted by Crippen LogP contribution is -2.39. The molecule has 8 aromatic carbocycles. The highest BCUT2D eigenvalue weighted by Crippen LogP contribution is 2.63. The Hall–Kier alpha value is -6.82. The Morgan fingerprint density at radius 3 is 1.91 bits per heavy atom. The second kappa shape index (κ2) is 12.1. The fourth-order valence-electron chi connectivity index (χ4n) is 9.60. The van der Waals surface area contributed by atoms with Gasteiger partial charge in [0.15, 0.2) is 0 Å². The summed E-state index contributed by atoms with van der Waals surface area (Å²) in [5.74, 6) is 0. The molecule has 12 rings (SSSR count). The third-order valence-electron chi connectivity index (χ3n) is 11.8. The van der Waals surface area contributed by atoms with Crippen molar-refractivity contribution in [3.05, 3.63) is 228 Å². The number of anilines is 4. The molecule has 0 saturated carbocycles. The number of fused-ring (bicyclic) bond motifs is 12. The first-order valence-corrected chi connectivity index (χ1v) is 20.0. The molecular weight excluding hydrogens is 701 g/mol. The van der Waals surface area contributed by atoms with Crippen molar-refractivity contribution in [2.75, 3.05) is 10.2 Å². The number of para-hydroxylation sites is 5. The minimum Gasteiger partial charge on any atom is -0.346 e. The summed E-state index contributed by atoms with van der Waals surface area (Å²) >= 11 is 1.88. The number of aromatic nitrogens is 1. The number of benzene rings is 8. The molecule has 0 aliphatic carbocycles. The van der Waals surface area contributed by atoms with Gasteiger partial charge in [0.2, 0.25) is 6.29 Å². The predicted octanol–water partition coefficient (Wildman–Crippen LogP) is 12.8. The predicted molar refractivity (Wildman–Crippen MR) is 231 cm³/mol. The second-order valence-electron chi connectivity index (χ2n) is 14.7. The number of hydrogen-bond acceptors (Lipinski definition) is 4. The smallest absolute Gasteiger partial charge is 0.201 e. The highest BCUT2D eigenvalue weighted by Gasteiger charge is 2.50. The quantitative estimate of drug-likeness (QED) is 0.196. The number of nitrogens with zero attached hydrogens (tertiary/aromatic N) is 3. The number of nitrogens with one attached hydrogen (secondary N) is 1. The van der Waals surface area contributed by atoms with Crippen LogP contribution in [0.5, 0.6) is 0 Å². The van der Waals surface area contributed by atoms with Crippen molar-refractivity contribution in [3.8, 4) is 0 Å². The van der Waals surface area contributed by atoms with Crippen LogP contribution < -0.4 is 10.2 Å². The average Bonchev–Trinajstić information content (AvgIpc) is 3.59. The summed E-state index contributed by atoms with van der Waals surface area (Å²) in [6.45, 7) is 0. The van der Waals surface area contributed by atoms with Gasteiger partial charge in [-0.25, -0.2) is 4.99 Å². The number of aliphatic imine (C=N–C) groups is 1. The summed E-state index contributed by atoms with van der Waals surface area (Å²) in [6, 6.07) is 70.8. The van der Waals surface area contributed by atoms with E-state index in [-0.39, 0.29) is 6.29 Å². The van der Waals surface area contributed by atoms with Gasteiger partial charge in [0.1, 0.15) is 0 Å². The van der Waals surface area contributed by atoms with Gasteiger partial charge < -0.3 is 14.8 Å². The fraction of sp³-hybridized carbons (Fsp3) is 0.0392. The van der Waals surface area contributed by atoms with Gasteiger partial charge in [0.25, 0.3) is 0 Å². The van der Waals surface area contributed by atoms with Crippen LogP contribution in [-0.2, 0) is 5.41 Å². The summed E-state index contributed by atoms with van der Waals surface area (Å²) in [6.07, 6.45) is -0.356. The first kappa shape index (κ1) is 31.5. The van der Waals surface area contributed by atoms with Crippen molar-refractivity contribution in [1.29, 1.82) is 0 Å². The highest BCUT2D eigenvalue weighted by atomic mass is 32.2. The lowest BCUT2D eigenvalue weighted by molar-refractivity contribution is 0.623. The zero-order chi connectivity index (χ0) is 36.8. The van der Waals surface area contributed by atoms with E-state index in [2.05, 4.69) is 209 Å². The molecule has 4 nitrogen and oxygen atoms in total. The molecule has 3 aliphatic heterocycles. The van der Waals surface area contributed by atoms with Gasteiger partial charge in [0, 0.05) is 43.1 Å². The molecule has 56 heavy (non-hydrogen) atoms. The molecule has 4 heterocycles. The van der Waals surface area contributed by atoms with Crippen molar-refractivity contribution in [1.82, 2.24) is 4.57 Å². The zero-order valence-corrected chi connectivity index (χ0v) is 31.1. The van der Waals surface area contributed by atoms with Crippen LogP contribution in [-0.4, -0.2) is 10.3 Å². The molecule has 3 aliphatic rings. The SMILES string of the molecule is c1ccc(C2=NC(n3c4ccccc4c4cc5c(cc43)Sc3ccccc3C53c4ccccc4N(c4ccccc4)c4ccccc43)Nc3ccccc32)cc1. The van der Waals surface area contributed by atoms with Crippen LogP contribution in [0.1, 0.15) is 39.7 Å². The van der Waals surface area contributed by atoms with E-state index in [1.165, 1.54) is 54.2 Å². The van der Waals surface area contributed by atoms with E-state index in [0.29, 0.717) is 0 Å². The molecule has 5 heteroatoms. The Labute approximate surface area is 329 Å². The standard InChI is InChI=1S/C51H34N4S/c1-3-17-33(18-4-1)49-36-22-7-12-26-42(36)52-50(53-49)55-43-27-13-8-21-35(43)37-31-41-48(32-46(37)55)56-47-30-16-11-25-40(47)51(41)38-23-9-14-28-44(38)54(34-19-5-2-6-20-34)45-29-15-10-24-39(45)51/h1-32,50,52H. The molecule has 0 radical (unpaired) electrons. The van der Waals surface area contributed by atoms with Crippen molar-refractivity contribution in [3.63, 3.8) is 0 Å². The van der Waals surface area contributed by atoms with Gasteiger partial charge in [-0.1, -0.05) is 151 Å². The monoisotopic (exact) mass is 734 g/mol. The van der Waals surface area contributed by atoms with Gasteiger partial charge >= 0.3 is 0 Å². The largest absolute Gasteiger partial charge is 0.346 e. The van der Waals surface area contributed by atoms with E-state index in [1.807, 2.05) is 11.8 Å². The molecule has 1 N–H and O–H groups in total. The van der Waals surface area contributed by atoms with E-state index < -0.39 is 5.41 Å². The Balaban J connectivity index is 1.16. The van der Waals surface area contributed by atoms with Crippen LogP contribution in [0.3, 0.4) is 0 Å². The van der Waals surface area contributed by atoms with Crippen molar-refractivity contribution < 1.29 is 0 Å². The molecule has 9 aromatic rings. The van der Waals surface area contributed by atoms with Crippen molar-refractivity contribution in [2.45, 2.75) is 21.5 Å². The van der Waals surface area contributed by atoms with Crippen LogP contribution in [0.2, 0.25) is 0 Å². The minimum absolute atomic E-state index is 0.356. The van der Waals surface area contributed by atoms with Crippen LogP contribution >= 0.6 is 11.8 Å². The molecule has 264 valence electrons. The molecule has 1 aromatic heterocycles.